The molecule has 1 saturated carbocycles. The van der Waals surface area contributed by atoms with E-state index in [1.807, 2.05) is 0 Å². The van der Waals surface area contributed by atoms with Gasteiger partial charge in [0.1, 0.15) is 0 Å². The van der Waals surface area contributed by atoms with Gasteiger partial charge in [-0.3, -0.25) is 9.59 Å². The number of carboxylic acids is 1. The van der Waals surface area contributed by atoms with Crippen molar-refractivity contribution in [1.82, 2.24) is 15.5 Å². The number of carboxylic acid groups (broad SMARTS) is 1. The number of furan rings is 1. The van der Waals surface area contributed by atoms with E-state index in [-0.39, 0.29) is 18.4 Å². The summed E-state index contributed by atoms with van der Waals surface area (Å²) in [7, 11) is 0. The summed E-state index contributed by atoms with van der Waals surface area (Å²) in [5.74, 6) is -0.374. The maximum atomic E-state index is 12.0. The van der Waals surface area contributed by atoms with E-state index in [1.54, 1.807) is 12.1 Å². The second-order valence-electron chi connectivity index (χ2n) is 5.54. The van der Waals surface area contributed by atoms with Crippen LogP contribution in [0.1, 0.15) is 31.6 Å². The largest absolute Gasteiger partial charge is 0.481 e. The molecule has 0 saturated heterocycles. The lowest BCUT2D eigenvalue weighted by Gasteiger charge is -2.17. The van der Waals surface area contributed by atoms with Gasteiger partial charge in [0.05, 0.1) is 12.2 Å². The van der Waals surface area contributed by atoms with Crippen LogP contribution in [0.15, 0.2) is 27.3 Å². The van der Waals surface area contributed by atoms with Crippen molar-refractivity contribution in [3.63, 3.8) is 0 Å². The average Bonchev–Trinajstić information content (AvgIpc) is 3.25. The van der Waals surface area contributed by atoms with Gasteiger partial charge in [-0.15, -0.1) is 0 Å². The number of rotatable bonds is 6. The van der Waals surface area contributed by atoms with E-state index in [1.165, 1.54) is 6.26 Å². The SMILES string of the molecule is O=C(CCc1nc(-c2ccco2)no1)N[C@H]1CCC[C@H]1C(=O)O. The molecule has 8 nitrogen and oxygen atoms in total. The summed E-state index contributed by atoms with van der Waals surface area (Å²) in [6.45, 7) is 0. The third-order valence-corrected chi connectivity index (χ3v) is 3.96. The molecule has 0 aliphatic heterocycles. The number of aromatic nitrogens is 2. The summed E-state index contributed by atoms with van der Waals surface area (Å²) < 4.78 is 10.2. The number of hydrogen-bond acceptors (Lipinski definition) is 6. The second kappa shape index (κ2) is 6.64. The Kier molecular flexibility index (Phi) is 4.40. The molecule has 8 heteroatoms. The van der Waals surface area contributed by atoms with Gasteiger partial charge in [-0.05, 0) is 25.0 Å². The number of carbonyl (C=O) groups is 2. The van der Waals surface area contributed by atoms with Gasteiger partial charge in [0.2, 0.25) is 17.6 Å². The molecule has 2 N–H and O–H groups in total. The Labute approximate surface area is 131 Å². The molecule has 0 bridgehead atoms. The van der Waals surface area contributed by atoms with Gasteiger partial charge >= 0.3 is 5.97 Å². The van der Waals surface area contributed by atoms with Gasteiger partial charge < -0.3 is 19.4 Å². The van der Waals surface area contributed by atoms with Crippen molar-refractivity contribution < 1.29 is 23.6 Å². The fourth-order valence-electron chi connectivity index (χ4n) is 2.79. The average molecular weight is 319 g/mol. The van der Waals surface area contributed by atoms with Crippen LogP contribution in [0, 0.1) is 5.92 Å². The maximum absolute atomic E-state index is 12.0. The van der Waals surface area contributed by atoms with Crippen molar-refractivity contribution in [3.8, 4) is 11.6 Å². The number of nitrogens with zero attached hydrogens (tertiary/aromatic N) is 2. The molecule has 2 aromatic rings. The highest BCUT2D eigenvalue weighted by molar-refractivity contribution is 5.78. The number of hydrogen-bond donors (Lipinski definition) is 2. The zero-order valence-electron chi connectivity index (χ0n) is 12.4. The fraction of sp³-hybridized carbons (Fsp3) is 0.467. The summed E-state index contributed by atoms with van der Waals surface area (Å²) >= 11 is 0. The lowest BCUT2D eigenvalue weighted by molar-refractivity contribution is -0.142. The first-order valence-electron chi connectivity index (χ1n) is 7.52. The highest BCUT2D eigenvalue weighted by Crippen LogP contribution is 2.26. The quantitative estimate of drug-likeness (QED) is 0.830. The van der Waals surface area contributed by atoms with E-state index in [0.29, 0.717) is 36.7 Å². The first kappa shape index (κ1) is 15.3. The van der Waals surface area contributed by atoms with E-state index in [2.05, 4.69) is 15.5 Å². The number of amides is 1. The van der Waals surface area contributed by atoms with Crippen molar-refractivity contribution in [2.45, 2.75) is 38.1 Å². The Morgan fingerprint density at radius 3 is 3.00 bits per heavy atom. The monoisotopic (exact) mass is 319 g/mol. The molecule has 0 radical (unpaired) electrons. The number of nitrogens with one attached hydrogen (secondary N) is 1. The molecular weight excluding hydrogens is 302 g/mol. The third kappa shape index (κ3) is 3.58. The Morgan fingerprint density at radius 2 is 2.26 bits per heavy atom. The van der Waals surface area contributed by atoms with Gasteiger partial charge in [0, 0.05) is 18.9 Å². The van der Waals surface area contributed by atoms with Crippen LogP contribution in [0.3, 0.4) is 0 Å². The molecule has 2 atom stereocenters. The van der Waals surface area contributed by atoms with Crippen molar-refractivity contribution in [2.75, 3.05) is 0 Å². The topological polar surface area (TPSA) is 118 Å². The minimum atomic E-state index is -0.854. The van der Waals surface area contributed by atoms with E-state index in [4.69, 9.17) is 14.0 Å². The van der Waals surface area contributed by atoms with Crippen LogP contribution < -0.4 is 5.32 Å². The van der Waals surface area contributed by atoms with Crippen molar-refractivity contribution in [2.24, 2.45) is 5.92 Å². The molecule has 1 amide bonds. The Morgan fingerprint density at radius 1 is 1.39 bits per heavy atom. The third-order valence-electron chi connectivity index (χ3n) is 3.96. The predicted octanol–water partition coefficient (Wildman–Crippen LogP) is 1.63. The standard InChI is InChI=1S/C15H17N3O5/c19-12(16-10-4-1-3-9(10)15(20)21)6-7-13-17-14(18-23-13)11-5-2-8-22-11/h2,5,8-10H,1,3-4,6-7H2,(H,16,19)(H,20,21)/t9-,10+/m1/s1. The predicted molar refractivity (Wildman–Crippen MR) is 77.2 cm³/mol. The zero-order valence-corrected chi connectivity index (χ0v) is 12.4. The number of carbonyl (C=O) groups excluding carboxylic acids is 1. The van der Waals surface area contributed by atoms with Gasteiger partial charge in [-0.1, -0.05) is 11.6 Å². The first-order chi connectivity index (χ1) is 11.1. The number of aliphatic carboxylic acids is 1. The van der Waals surface area contributed by atoms with E-state index in [9.17, 15) is 9.59 Å². The molecule has 1 fully saturated rings. The lowest BCUT2D eigenvalue weighted by Crippen LogP contribution is -2.40. The Bertz CT molecular complexity index is 679. The van der Waals surface area contributed by atoms with Gasteiger partial charge in [0.15, 0.2) is 5.76 Å². The molecular formula is C15H17N3O5. The molecule has 2 aromatic heterocycles. The highest BCUT2D eigenvalue weighted by atomic mass is 16.5. The van der Waals surface area contributed by atoms with Crippen LogP contribution in [0.4, 0.5) is 0 Å². The molecule has 0 unspecified atom stereocenters. The van der Waals surface area contributed by atoms with Crippen LogP contribution >= 0.6 is 0 Å². The van der Waals surface area contributed by atoms with Crippen LogP contribution in [-0.4, -0.2) is 33.2 Å². The van der Waals surface area contributed by atoms with Crippen LogP contribution in [0.5, 0.6) is 0 Å². The molecule has 1 aliphatic carbocycles. The zero-order chi connectivity index (χ0) is 16.2. The van der Waals surface area contributed by atoms with E-state index < -0.39 is 11.9 Å². The van der Waals surface area contributed by atoms with Crippen molar-refractivity contribution in [3.05, 3.63) is 24.3 Å². The molecule has 0 spiro atoms. The summed E-state index contributed by atoms with van der Waals surface area (Å²) in [5.41, 5.74) is 0. The van der Waals surface area contributed by atoms with Crippen molar-refractivity contribution in [1.29, 1.82) is 0 Å². The number of aryl methyl sites for hydroxylation is 1. The van der Waals surface area contributed by atoms with Gasteiger partial charge in [0.25, 0.3) is 0 Å². The summed E-state index contributed by atoms with van der Waals surface area (Å²) in [4.78, 5) is 27.2. The first-order valence-corrected chi connectivity index (χ1v) is 7.52. The molecule has 3 rings (SSSR count). The van der Waals surface area contributed by atoms with Crippen molar-refractivity contribution >= 4 is 11.9 Å². The summed E-state index contributed by atoms with van der Waals surface area (Å²) in [6.07, 6.45) is 4.10. The minimum absolute atomic E-state index is 0.169. The maximum Gasteiger partial charge on any atom is 0.308 e. The van der Waals surface area contributed by atoms with Gasteiger partial charge in [-0.25, -0.2) is 0 Å². The highest BCUT2D eigenvalue weighted by Gasteiger charge is 2.33. The molecule has 2 heterocycles. The minimum Gasteiger partial charge on any atom is -0.481 e. The summed E-state index contributed by atoms with van der Waals surface area (Å²) in [5, 5.41) is 15.7. The van der Waals surface area contributed by atoms with Crippen LogP contribution in [0.2, 0.25) is 0 Å². The van der Waals surface area contributed by atoms with E-state index in [0.717, 1.165) is 6.42 Å². The molecule has 0 aromatic carbocycles. The normalized spacial score (nSPS) is 20.5. The molecule has 23 heavy (non-hydrogen) atoms. The van der Waals surface area contributed by atoms with Crippen LogP contribution in [0.25, 0.3) is 11.6 Å². The molecule has 1 aliphatic rings. The Hall–Kier alpha value is -2.64. The second-order valence-corrected chi connectivity index (χ2v) is 5.54. The van der Waals surface area contributed by atoms with E-state index >= 15 is 0 Å². The Balaban J connectivity index is 1.50. The fourth-order valence-corrected chi connectivity index (χ4v) is 2.79. The van der Waals surface area contributed by atoms with Gasteiger partial charge in [-0.2, -0.15) is 4.98 Å². The molecule has 122 valence electrons. The van der Waals surface area contributed by atoms with Crippen LogP contribution in [-0.2, 0) is 16.0 Å². The summed E-state index contributed by atoms with van der Waals surface area (Å²) in [6, 6.07) is 3.15. The smallest absolute Gasteiger partial charge is 0.308 e. The lowest BCUT2D eigenvalue weighted by atomic mass is 10.0.